The number of cyclic esters (lactones) is 1. The minimum atomic E-state index is -0.812. The normalized spacial score (nSPS) is 17.5. The Hall–Kier alpha value is -4.07. The summed E-state index contributed by atoms with van der Waals surface area (Å²) >= 11 is 0. The standard InChI is InChI=1S/C25H25N3O5/c1-2-14-26-24(30)21-22(33-25(31)28(21)16-17-7-4-3-5-8-17)18-10-12-19(13-11-18)27-23(29)20-9-6-15-32-20/h3-13,15,21-22H,2,14,16H2,1H3,(H,26,30)(H,27,29)/t21-,22+/m1/s1. The fourth-order valence-corrected chi connectivity index (χ4v) is 3.70. The van der Waals surface area contributed by atoms with Crippen molar-refractivity contribution in [3.8, 4) is 0 Å². The molecule has 8 heteroatoms. The number of hydrogen-bond acceptors (Lipinski definition) is 5. The van der Waals surface area contributed by atoms with Crippen molar-refractivity contribution in [2.24, 2.45) is 0 Å². The lowest BCUT2D eigenvalue weighted by Crippen LogP contribution is -2.46. The molecule has 2 N–H and O–H groups in total. The van der Waals surface area contributed by atoms with Crippen molar-refractivity contribution in [2.75, 3.05) is 11.9 Å². The summed E-state index contributed by atoms with van der Waals surface area (Å²) in [5.41, 5.74) is 2.11. The Bertz CT molecular complexity index is 1100. The predicted octanol–water partition coefficient (Wildman–Crippen LogP) is 4.12. The highest BCUT2D eigenvalue weighted by atomic mass is 16.6. The number of benzene rings is 2. The SMILES string of the molecule is CCCNC(=O)[C@H]1[C@H](c2ccc(NC(=O)c3ccco3)cc2)OC(=O)N1Cc1ccccc1. The van der Waals surface area contributed by atoms with Crippen molar-refractivity contribution in [2.45, 2.75) is 32.0 Å². The Morgan fingerprint density at radius 1 is 1.00 bits per heavy atom. The molecule has 8 nitrogen and oxygen atoms in total. The number of amides is 3. The lowest BCUT2D eigenvalue weighted by Gasteiger charge is -2.24. The quantitative estimate of drug-likeness (QED) is 0.541. The van der Waals surface area contributed by atoms with Gasteiger partial charge in [-0.25, -0.2) is 4.79 Å². The Labute approximate surface area is 191 Å². The second kappa shape index (κ2) is 10.0. The number of furan rings is 1. The van der Waals surface area contributed by atoms with Gasteiger partial charge in [0.1, 0.15) is 0 Å². The third kappa shape index (κ3) is 5.06. The van der Waals surface area contributed by atoms with E-state index in [1.54, 1.807) is 36.4 Å². The molecule has 0 aliphatic carbocycles. The van der Waals surface area contributed by atoms with Crippen molar-refractivity contribution in [1.82, 2.24) is 10.2 Å². The lowest BCUT2D eigenvalue weighted by molar-refractivity contribution is -0.126. The van der Waals surface area contributed by atoms with Crippen LogP contribution in [0.3, 0.4) is 0 Å². The molecule has 0 radical (unpaired) electrons. The van der Waals surface area contributed by atoms with Gasteiger partial charge < -0.3 is 19.8 Å². The highest BCUT2D eigenvalue weighted by Crippen LogP contribution is 2.34. The molecule has 2 aromatic carbocycles. The van der Waals surface area contributed by atoms with E-state index in [9.17, 15) is 14.4 Å². The van der Waals surface area contributed by atoms with E-state index in [0.29, 0.717) is 17.8 Å². The lowest BCUT2D eigenvalue weighted by atomic mass is 10.00. The van der Waals surface area contributed by atoms with Gasteiger partial charge in [0.15, 0.2) is 17.9 Å². The van der Waals surface area contributed by atoms with Crippen LogP contribution >= 0.6 is 0 Å². The molecule has 0 unspecified atom stereocenters. The Morgan fingerprint density at radius 3 is 2.42 bits per heavy atom. The van der Waals surface area contributed by atoms with Crippen LogP contribution in [0, 0.1) is 0 Å². The Morgan fingerprint density at radius 2 is 1.76 bits per heavy atom. The number of carbonyl (C=O) groups is 3. The van der Waals surface area contributed by atoms with Crippen molar-refractivity contribution in [3.05, 3.63) is 89.9 Å². The largest absolute Gasteiger partial charge is 0.459 e. The summed E-state index contributed by atoms with van der Waals surface area (Å²) in [6, 6.07) is 18.7. The van der Waals surface area contributed by atoms with E-state index in [-0.39, 0.29) is 24.1 Å². The topological polar surface area (TPSA) is 101 Å². The predicted molar refractivity (Wildman–Crippen MR) is 121 cm³/mol. The fourth-order valence-electron chi connectivity index (χ4n) is 3.70. The molecule has 1 fully saturated rings. The second-order valence-electron chi connectivity index (χ2n) is 7.71. The molecule has 4 rings (SSSR count). The summed E-state index contributed by atoms with van der Waals surface area (Å²) in [5.74, 6) is -0.433. The Balaban J connectivity index is 1.54. The summed E-state index contributed by atoms with van der Waals surface area (Å²) in [6.45, 7) is 2.73. The van der Waals surface area contributed by atoms with Gasteiger partial charge in [-0.3, -0.25) is 14.5 Å². The maximum atomic E-state index is 13.0. The maximum absolute atomic E-state index is 13.0. The van der Waals surface area contributed by atoms with Crippen LogP contribution in [0.5, 0.6) is 0 Å². The molecule has 170 valence electrons. The molecule has 3 aromatic rings. The molecule has 2 atom stereocenters. The monoisotopic (exact) mass is 447 g/mol. The molecule has 1 aliphatic heterocycles. The molecule has 3 amide bonds. The summed E-state index contributed by atoms with van der Waals surface area (Å²) < 4.78 is 10.7. The number of rotatable bonds is 8. The zero-order valence-electron chi connectivity index (χ0n) is 18.2. The minimum Gasteiger partial charge on any atom is -0.459 e. The zero-order chi connectivity index (χ0) is 23.2. The van der Waals surface area contributed by atoms with Crippen LogP contribution in [-0.4, -0.2) is 35.4 Å². The first-order valence-electron chi connectivity index (χ1n) is 10.8. The third-order valence-corrected chi connectivity index (χ3v) is 5.34. The average Bonchev–Trinajstić information content (AvgIpc) is 3.48. The summed E-state index contributed by atoms with van der Waals surface area (Å²) in [4.78, 5) is 39.4. The molecule has 0 spiro atoms. The van der Waals surface area contributed by atoms with Crippen molar-refractivity contribution in [3.63, 3.8) is 0 Å². The maximum Gasteiger partial charge on any atom is 0.411 e. The molecule has 33 heavy (non-hydrogen) atoms. The Kier molecular flexibility index (Phi) is 6.73. The number of ether oxygens (including phenoxy) is 1. The van der Waals surface area contributed by atoms with Crippen molar-refractivity contribution >= 4 is 23.6 Å². The van der Waals surface area contributed by atoms with Gasteiger partial charge in [-0.15, -0.1) is 0 Å². The molecule has 1 aliphatic rings. The number of anilines is 1. The van der Waals surface area contributed by atoms with Crippen LogP contribution in [0.1, 0.15) is 41.1 Å². The number of nitrogens with one attached hydrogen (secondary N) is 2. The molecular weight excluding hydrogens is 422 g/mol. The number of nitrogens with zero attached hydrogens (tertiary/aromatic N) is 1. The zero-order valence-corrected chi connectivity index (χ0v) is 18.2. The van der Waals surface area contributed by atoms with Crippen LogP contribution in [0.25, 0.3) is 0 Å². The summed E-state index contributed by atoms with van der Waals surface area (Å²) in [6.07, 6.45) is 0.890. The molecule has 2 heterocycles. The number of hydrogen-bond donors (Lipinski definition) is 2. The highest BCUT2D eigenvalue weighted by Gasteiger charge is 2.46. The van der Waals surface area contributed by atoms with E-state index in [2.05, 4.69) is 10.6 Å². The van der Waals surface area contributed by atoms with E-state index in [1.165, 1.54) is 11.2 Å². The first kappa shape index (κ1) is 22.1. The van der Waals surface area contributed by atoms with Crippen LogP contribution < -0.4 is 10.6 Å². The third-order valence-electron chi connectivity index (χ3n) is 5.34. The van der Waals surface area contributed by atoms with Gasteiger partial charge in [-0.1, -0.05) is 49.4 Å². The molecule has 0 saturated carbocycles. The van der Waals surface area contributed by atoms with Gasteiger partial charge in [0.25, 0.3) is 5.91 Å². The second-order valence-corrected chi connectivity index (χ2v) is 7.71. The van der Waals surface area contributed by atoms with Crippen LogP contribution in [0.2, 0.25) is 0 Å². The van der Waals surface area contributed by atoms with Crippen LogP contribution in [-0.2, 0) is 16.1 Å². The molecular formula is C25H25N3O5. The minimum absolute atomic E-state index is 0.202. The first-order chi connectivity index (χ1) is 16.1. The van der Waals surface area contributed by atoms with E-state index in [0.717, 1.165) is 12.0 Å². The average molecular weight is 447 g/mol. The van der Waals surface area contributed by atoms with Gasteiger partial charge in [0.05, 0.1) is 12.8 Å². The van der Waals surface area contributed by atoms with Gasteiger partial charge in [0, 0.05) is 12.2 Å². The van der Waals surface area contributed by atoms with Gasteiger partial charge in [0.2, 0.25) is 5.91 Å². The van der Waals surface area contributed by atoms with Gasteiger partial charge >= 0.3 is 6.09 Å². The first-order valence-corrected chi connectivity index (χ1v) is 10.8. The fraction of sp³-hybridized carbons (Fsp3) is 0.240. The van der Waals surface area contributed by atoms with E-state index < -0.39 is 18.2 Å². The van der Waals surface area contributed by atoms with E-state index in [1.807, 2.05) is 37.3 Å². The molecule has 1 saturated heterocycles. The molecule has 1 aromatic heterocycles. The van der Waals surface area contributed by atoms with Crippen LogP contribution in [0.4, 0.5) is 10.5 Å². The van der Waals surface area contributed by atoms with Gasteiger partial charge in [-0.05, 0) is 41.8 Å². The van der Waals surface area contributed by atoms with Crippen LogP contribution in [0.15, 0.2) is 77.4 Å². The van der Waals surface area contributed by atoms with E-state index in [4.69, 9.17) is 9.15 Å². The van der Waals surface area contributed by atoms with E-state index >= 15 is 0 Å². The summed E-state index contributed by atoms with van der Waals surface area (Å²) in [7, 11) is 0. The van der Waals surface area contributed by atoms with Gasteiger partial charge in [-0.2, -0.15) is 0 Å². The number of carbonyl (C=O) groups excluding carboxylic acids is 3. The smallest absolute Gasteiger partial charge is 0.411 e. The van der Waals surface area contributed by atoms with Crippen molar-refractivity contribution < 1.29 is 23.5 Å². The summed E-state index contributed by atoms with van der Waals surface area (Å²) in [5, 5.41) is 5.63. The highest BCUT2D eigenvalue weighted by molar-refractivity contribution is 6.02. The van der Waals surface area contributed by atoms with Crippen molar-refractivity contribution in [1.29, 1.82) is 0 Å². The molecule has 0 bridgehead atoms.